The number of aryl methyl sites for hydroxylation is 1. The van der Waals surface area contributed by atoms with Crippen molar-refractivity contribution in [2.24, 2.45) is 0 Å². The van der Waals surface area contributed by atoms with Crippen LogP contribution in [0.1, 0.15) is 24.5 Å². The molecule has 2 heteroatoms. The van der Waals surface area contributed by atoms with Crippen molar-refractivity contribution in [1.29, 1.82) is 0 Å². The number of aliphatic hydroxyl groups is 1. The summed E-state index contributed by atoms with van der Waals surface area (Å²) >= 11 is 3.48. The Morgan fingerprint density at radius 3 is 2.86 bits per heavy atom. The molecule has 0 aliphatic rings. The molecule has 0 heterocycles. The standard InChI is InChI=1S/C12H15BrO/c1-9-6-7-12(13)11(8-9)5-3-4-10(2)14/h3,5-8,10,14H,4H2,1-2H3. The van der Waals surface area contributed by atoms with Crippen molar-refractivity contribution in [2.45, 2.75) is 26.4 Å². The zero-order chi connectivity index (χ0) is 10.6. The number of hydrogen-bond donors (Lipinski definition) is 1. The molecule has 1 nitrogen and oxygen atoms in total. The van der Waals surface area contributed by atoms with Gasteiger partial charge < -0.3 is 5.11 Å². The number of hydrogen-bond acceptors (Lipinski definition) is 1. The Hall–Kier alpha value is -0.600. The highest BCUT2D eigenvalue weighted by molar-refractivity contribution is 9.10. The van der Waals surface area contributed by atoms with Crippen molar-refractivity contribution < 1.29 is 5.11 Å². The molecule has 76 valence electrons. The highest BCUT2D eigenvalue weighted by Crippen LogP contribution is 2.19. The molecule has 1 aromatic carbocycles. The van der Waals surface area contributed by atoms with Gasteiger partial charge in [-0.3, -0.25) is 0 Å². The predicted octanol–water partition coefficient (Wildman–Crippen LogP) is 3.54. The van der Waals surface area contributed by atoms with E-state index in [4.69, 9.17) is 5.11 Å². The van der Waals surface area contributed by atoms with Crippen LogP contribution in [0, 0.1) is 6.92 Å². The zero-order valence-corrected chi connectivity index (χ0v) is 10.1. The van der Waals surface area contributed by atoms with Crippen LogP contribution in [0.2, 0.25) is 0 Å². The Labute approximate surface area is 93.6 Å². The maximum atomic E-state index is 9.09. The van der Waals surface area contributed by atoms with Crippen LogP contribution in [0.4, 0.5) is 0 Å². The summed E-state index contributed by atoms with van der Waals surface area (Å²) < 4.78 is 1.09. The first-order valence-corrected chi connectivity index (χ1v) is 5.49. The lowest BCUT2D eigenvalue weighted by Gasteiger charge is -2.01. The Balaban J connectivity index is 2.75. The van der Waals surface area contributed by atoms with Gasteiger partial charge in [0.2, 0.25) is 0 Å². The van der Waals surface area contributed by atoms with Crippen molar-refractivity contribution in [1.82, 2.24) is 0 Å². The Morgan fingerprint density at radius 1 is 1.50 bits per heavy atom. The lowest BCUT2D eigenvalue weighted by molar-refractivity contribution is 0.199. The molecule has 0 spiro atoms. The van der Waals surface area contributed by atoms with E-state index in [9.17, 15) is 0 Å². The van der Waals surface area contributed by atoms with E-state index in [0.717, 1.165) is 10.0 Å². The van der Waals surface area contributed by atoms with Gasteiger partial charge >= 0.3 is 0 Å². The van der Waals surface area contributed by atoms with Gasteiger partial charge in [-0.15, -0.1) is 0 Å². The first-order valence-electron chi connectivity index (χ1n) is 4.70. The van der Waals surface area contributed by atoms with E-state index < -0.39 is 0 Å². The molecule has 0 fully saturated rings. The van der Waals surface area contributed by atoms with Crippen LogP contribution in [0.15, 0.2) is 28.7 Å². The van der Waals surface area contributed by atoms with Crippen LogP contribution in [0.5, 0.6) is 0 Å². The molecule has 1 atom stereocenters. The van der Waals surface area contributed by atoms with E-state index in [1.165, 1.54) is 5.56 Å². The van der Waals surface area contributed by atoms with Gasteiger partial charge in [0.15, 0.2) is 0 Å². The third-order valence-electron chi connectivity index (χ3n) is 1.93. The quantitative estimate of drug-likeness (QED) is 0.875. The largest absolute Gasteiger partial charge is 0.393 e. The Bertz CT molecular complexity index is 329. The van der Waals surface area contributed by atoms with Crippen LogP contribution >= 0.6 is 15.9 Å². The second-order valence-electron chi connectivity index (χ2n) is 3.51. The smallest absolute Gasteiger partial charge is 0.0546 e. The van der Waals surface area contributed by atoms with Crippen LogP contribution < -0.4 is 0 Å². The average Bonchev–Trinajstić information content (AvgIpc) is 2.10. The van der Waals surface area contributed by atoms with Gasteiger partial charge in [-0.05, 0) is 31.9 Å². The molecule has 1 N–H and O–H groups in total. The van der Waals surface area contributed by atoms with Gasteiger partial charge in [-0.2, -0.15) is 0 Å². The SMILES string of the molecule is Cc1ccc(Br)c(C=CCC(C)O)c1. The van der Waals surface area contributed by atoms with Crippen molar-refractivity contribution in [3.8, 4) is 0 Å². The maximum Gasteiger partial charge on any atom is 0.0546 e. The first-order chi connectivity index (χ1) is 6.59. The minimum absolute atomic E-state index is 0.269. The summed E-state index contributed by atoms with van der Waals surface area (Å²) in [6, 6.07) is 6.22. The normalized spacial score (nSPS) is 13.4. The summed E-state index contributed by atoms with van der Waals surface area (Å²) in [5.74, 6) is 0. The third-order valence-corrected chi connectivity index (χ3v) is 2.65. The molecular weight excluding hydrogens is 240 g/mol. The molecule has 14 heavy (non-hydrogen) atoms. The fraction of sp³-hybridized carbons (Fsp3) is 0.333. The molecule has 0 aromatic heterocycles. The van der Waals surface area contributed by atoms with Crippen LogP contribution in [0.25, 0.3) is 6.08 Å². The molecule has 1 unspecified atom stereocenters. The molecule has 0 saturated carbocycles. The molecule has 0 amide bonds. The summed E-state index contributed by atoms with van der Waals surface area (Å²) in [6.45, 7) is 3.86. The van der Waals surface area contributed by atoms with Crippen LogP contribution in [-0.4, -0.2) is 11.2 Å². The molecule has 0 saturated heterocycles. The Morgan fingerprint density at radius 2 is 2.21 bits per heavy atom. The van der Waals surface area contributed by atoms with Gasteiger partial charge in [-0.25, -0.2) is 0 Å². The topological polar surface area (TPSA) is 20.2 Å². The molecule has 0 radical (unpaired) electrons. The fourth-order valence-electron chi connectivity index (χ4n) is 1.18. The number of halogens is 1. The summed E-state index contributed by atoms with van der Waals surface area (Å²) in [4.78, 5) is 0. The Kier molecular flexibility index (Phi) is 4.36. The van der Waals surface area contributed by atoms with E-state index in [-0.39, 0.29) is 6.10 Å². The van der Waals surface area contributed by atoms with E-state index in [1.807, 2.05) is 18.2 Å². The number of aliphatic hydroxyl groups excluding tert-OH is 1. The minimum Gasteiger partial charge on any atom is -0.393 e. The molecule has 0 aliphatic carbocycles. The highest BCUT2D eigenvalue weighted by atomic mass is 79.9. The van der Waals surface area contributed by atoms with Crippen molar-refractivity contribution in [2.75, 3.05) is 0 Å². The third kappa shape index (κ3) is 3.64. The average molecular weight is 255 g/mol. The monoisotopic (exact) mass is 254 g/mol. The van der Waals surface area contributed by atoms with Gasteiger partial charge in [0.1, 0.15) is 0 Å². The summed E-state index contributed by atoms with van der Waals surface area (Å²) in [6.07, 6.45) is 4.45. The molecular formula is C12H15BrO. The predicted molar refractivity (Wildman–Crippen MR) is 64.2 cm³/mol. The second-order valence-corrected chi connectivity index (χ2v) is 4.37. The van der Waals surface area contributed by atoms with Crippen molar-refractivity contribution >= 4 is 22.0 Å². The highest BCUT2D eigenvalue weighted by Gasteiger charge is 1.96. The molecule has 1 aromatic rings. The maximum absolute atomic E-state index is 9.09. The van der Waals surface area contributed by atoms with Gasteiger partial charge in [-0.1, -0.05) is 45.8 Å². The molecule has 0 aliphatic heterocycles. The lowest BCUT2D eigenvalue weighted by atomic mass is 10.1. The van der Waals surface area contributed by atoms with E-state index in [0.29, 0.717) is 6.42 Å². The van der Waals surface area contributed by atoms with Crippen molar-refractivity contribution in [3.05, 3.63) is 39.9 Å². The van der Waals surface area contributed by atoms with E-state index >= 15 is 0 Å². The molecule has 1 rings (SSSR count). The lowest BCUT2D eigenvalue weighted by Crippen LogP contribution is -1.95. The summed E-state index contributed by atoms with van der Waals surface area (Å²) in [5, 5.41) is 9.09. The summed E-state index contributed by atoms with van der Waals surface area (Å²) in [7, 11) is 0. The van der Waals surface area contributed by atoms with Crippen molar-refractivity contribution in [3.63, 3.8) is 0 Å². The summed E-state index contributed by atoms with van der Waals surface area (Å²) in [5.41, 5.74) is 2.40. The number of rotatable bonds is 3. The van der Waals surface area contributed by atoms with E-state index in [2.05, 4.69) is 35.0 Å². The first kappa shape index (κ1) is 11.5. The number of benzene rings is 1. The second kappa shape index (κ2) is 5.32. The van der Waals surface area contributed by atoms with Crippen LogP contribution in [-0.2, 0) is 0 Å². The van der Waals surface area contributed by atoms with Gasteiger partial charge in [0.25, 0.3) is 0 Å². The molecule has 0 bridgehead atoms. The zero-order valence-electron chi connectivity index (χ0n) is 8.50. The van der Waals surface area contributed by atoms with E-state index in [1.54, 1.807) is 6.92 Å². The van der Waals surface area contributed by atoms with Crippen LogP contribution in [0.3, 0.4) is 0 Å². The van der Waals surface area contributed by atoms with Gasteiger partial charge in [0.05, 0.1) is 6.10 Å². The fourth-order valence-corrected chi connectivity index (χ4v) is 1.56. The van der Waals surface area contributed by atoms with Gasteiger partial charge in [0, 0.05) is 4.47 Å². The minimum atomic E-state index is -0.269.